The van der Waals surface area contributed by atoms with Gasteiger partial charge >= 0.3 is 0 Å². The lowest BCUT2D eigenvalue weighted by Gasteiger charge is -2.13. The Hall–Kier alpha value is -0.900. The summed E-state index contributed by atoms with van der Waals surface area (Å²) in [4.78, 5) is 0. The highest BCUT2D eigenvalue weighted by atomic mass is 16.5. The van der Waals surface area contributed by atoms with Crippen LogP contribution in [0.1, 0.15) is 50.8 Å². The minimum absolute atomic E-state index is 0.377. The highest BCUT2D eigenvalue weighted by molar-refractivity contribution is 5.24. The molecule has 0 bridgehead atoms. The van der Waals surface area contributed by atoms with Crippen molar-refractivity contribution in [3.8, 4) is 0 Å². The van der Waals surface area contributed by atoms with Crippen molar-refractivity contribution in [3.63, 3.8) is 0 Å². The quantitative estimate of drug-likeness (QED) is 0.615. The van der Waals surface area contributed by atoms with Gasteiger partial charge in [0.1, 0.15) is 0 Å². The summed E-state index contributed by atoms with van der Waals surface area (Å²) in [5, 5.41) is 13.5. The van der Waals surface area contributed by atoms with Gasteiger partial charge in [0.25, 0.3) is 0 Å². The van der Waals surface area contributed by atoms with Gasteiger partial charge in [0, 0.05) is 13.2 Å². The van der Waals surface area contributed by atoms with Crippen LogP contribution < -0.4 is 5.32 Å². The second-order valence-corrected chi connectivity index (χ2v) is 5.94. The van der Waals surface area contributed by atoms with Crippen molar-refractivity contribution in [1.29, 1.82) is 0 Å². The molecule has 1 aromatic carbocycles. The molecule has 0 amide bonds. The van der Waals surface area contributed by atoms with E-state index in [4.69, 9.17) is 4.74 Å². The van der Waals surface area contributed by atoms with Crippen molar-refractivity contribution in [2.75, 3.05) is 26.3 Å². The number of aliphatic hydroxyl groups is 1. The van der Waals surface area contributed by atoms with Gasteiger partial charge < -0.3 is 15.2 Å². The molecule has 1 atom stereocenters. The second kappa shape index (κ2) is 10.8. The molecule has 0 saturated heterocycles. The Labute approximate surface area is 129 Å². The van der Waals surface area contributed by atoms with Crippen LogP contribution in [0.4, 0.5) is 0 Å². The summed E-state index contributed by atoms with van der Waals surface area (Å²) in [5.41, 5.74) is 2.36. The Kier molecular flexibility index (Phi) is 9.31. The topological polar surface area (TPSA) is 41.5 Å². The lowest BCUT2D eigenvalue weighted by molar-refractivity contribution is 0.143. The van der Waals surface area contributed by atoms with Crippen LogP contribution in [0.2, 0.25) is 0 Å². The maximum absolute atomic E-state index is 10.2. The number of nitrogens with one attached hydrogen (secondary N) is 1. The van der Waals surface area contributed by atoms with Gasteiger partial charge in [0.2, 0.25) is 0 Å². The van der Waals surface area contributed by atoms with E-state index in [9.17, 15) is 5.11 Å². The summed E-state index contributed by atoms with van der Waals surface area (Å²) in [6.45, 7) is 9.83. The van der Waals surface area contributed by atoms with Crippen molar-refractivity contribution in [2.24, 2.45) is 5.92 Å². The van der Waals surface area contributed by atoms with Gasteiger partial charge in [0.05, 0.1) is 6.10 Å². The van der Waals surface area contributed by atoms with Crippen LogP contribution in [0.3, 0.4) is 0 Å². The average Bonchev–Trinajstić information content (AvgIpc) is 2.46. The van der Waals surface area contributed by atoms with Crippen LogP contribution in [-0.4, -0.2) is 31.4 Å². The summed E-state index contributed by atoms with van der Waals surface area (Å²) >= 11 is 0. The van der Waals surface area contributed by atoms with E-state index in [1.54, 1.807) is 0 Å². The molecule has 0 radical (unpaired) electrons. The number of aliphatic hydroxyl groups excluding tert-OH is 1. The van der Waals surface area contributed by atoms with E-state index in [2.05, 4.69) is 43.4 Å². The molecule has 3 heteroatoms. The predicted molar refractivity (Wildman–Crippen MR) is 88.5 cm³/mol. The van der Waals surface area contributed by atoms with Crippen LogP contribution in [0.15, 0.2) is 24.3 Å². The van der Waals surface area contributed by atoms with Crippen molar-refractivity contribution in [1.82, 2.24) is 5.32 Å². The third-order valence-electron chi connectivity index (χ3n) is 3.45. The first kappa shape index (κ1) is 18.1. The zero-order valence-electron chi connectivity index (χ0n) is 13.8. The molecule has 21 heavy (non-hydrogen) atoms. The summed E-state index contributed by atoms with van der Waals surface area (Å²) in [6, 6.07) is 8.37. The van der Waals surface area contributed by atoms with E-state index < -0.39 is 0 Å². The molecular weight excluding hydrogens is 262 g/mol. The van der Waals surface area contributed by atoms with E-state index >= 15 is 0 Å². The highest BCUT2D eigenvalue weighted by Crippen LogP contribution is 2.18. The number of benzene rings is 1. The molecule has 0 fully saturated rings. The van der Waals surface area contributed by atoms with Gasteiger partial charge in [-0.1, -0.05) is 38.1 Å². The first-order valence-electron chi connectivity index (χ1n) is 8.18. The second-order valence-electron chi connectivity index (χ2n) is 5.94. The van der Waals surface area contributed by atoms with Gasteiger partial charge in [-0.3, -0.25) is 0 Å². The minimum atomic E-state index is -0.377. The van der Waals surface area contributed by atoms with Crippen molar-refractivity contribution < 1.29 is 9.84 Å². The molecule has 0 spiro atoms. The van der Waals surface area contributed by atoms with Gasteiger partial charge in [-0.05, 0) is 56.3 Å². The van der Waals surface area contributed by atoms with E-state index in [0.29, 0.717) is 5.92 Å². The normalized spacial score (nSPS) is 12.8. The maximum atomic E-state index is 10.2. The first-order valence-corrected chi connectivity index (χ1v) is 8.18. The number of hydrogen-bond acceptors (Lipinski definition) is 3. The number of rotatable bonds is 11. The summed E-state index contributed by atoms with van der Waals surface area (Å²) in [6.07, 6.45) is 2.49. The third-order valence-corrected chi connectivity index (χ3v) is 3.45. The lowest BCUT2D eigenvalue weighted by atomic mass is 9.99. The molecule has 2 N–H and O–H groups in total. The largest absolute Gasteiger partial charge is 0.388 e. The Balaban J connectivity index is 2.21. The van der Waals surface area contributed by atoms with E-state index in [0.717, 1.165) is 51.1 Å². The Morgan fingerprint density at radius 1 is 1.14 bits per heavy atom. The lowest BCUT2D eigenvalue weighted by Crippen LogP contribution is -2.20. The molecule has 1 aromatic rings. The molecule has 1 rings (SSSR count). The molecule has 3 nitrogen and oxygen atoms in total. The smallest absolute Gasteiger partial charge is 0.0802 e. The van der Waals surface area contributed by atoms with Crippen LogP contribution >= 0.6 is 0 Å². The fourth-order valence-electron chi connectivity index (χ4n) is 2.32. The fraction of sp³-hybridized carbons (Fsp3) is 0.667. The van der Waals surface area contributed by atoms with Gasteiger partial charge in [0.15, 0.2) is 0 Å². The first-order chi connectivity index (χ1) is 10.1. The van der Waals surface area contributed by atoms with Crippen LogP contribution in [0, 0.1) is 5.92 Å². The summed E-state index contributed by atoms with van der Waals surface area (Å²) in [7, 11) is 0. The van der Waals surface area contributed by atoms with Crippen molar-refractivity contribution in [2.45, 2.75) is 46.1 Å². The maximum Gasteiger partial charge on any atom is 0.0802 e. The van der Waals surface area contributed by atoms with Crippen LogP contribution in [-0.2, 0) is 11.2 Å². The minimum Gasteiger partial charge on any atom is -0.388 e. The SMILES string of the molecule is CCOCCCNCCC(O)c1ccc(CC(C)C)cc1. The predicted octanol–water partition coefficient (Wildman–Crippen LogP) is 3.32. The Morgan fingerprint density at radius 3 is 2.48 bits per heavy atom. The molecule has 1 unspecified atom stereocenters. The summed E-state index contributed by atoms with van der Waals surface area (Å²) < 4.78 is 5.28. The fourth-order valence-corrected chi connectivity index (χ4v) is 2.32. The Morgan fingerprint density at radius 2 is 1.86 bits per heavy atom. The van der Waals surface area contributed by atoms with Crippen LogP contribution in [0.25, 0.3) is 0 Å². The third kappa shape index (κ3) is 8.20. The number of hydrogen-bond donors (Lipinski definition) is 2. The molecule has 0 aliphatic heterocycles. The van der Waals surface area contributed by atoms with E-state index in [1.807, 2.05) is 6.92 Å². The monoisotopic (exact) mass is 293 g/mol. The molecular formula is C18H31NO2. The van der Waals surface area contributed by atoms with E-state index in [-0.39, 0.29) is 6.10 Å². The molecule has 0 aliphatic rings. The Bertz CT molecular complexity index is 362. The molecule has 120 valence electrons. The summed E-state index contributed by atoms with van der Waals surface area (Å²) in [5.74, 6) is 0.668. The number of ether oxygens (including phenoxy) is 1. The van der Waals surface area contributed by atoms with Gasteiger partial charge in [-0.15, -0.1) is 0 Å². The van der Waals surface area contributed by atoms with Crippen molar-refractivity contribution in [3.05, 3.63) is 35.4 Å². The highest BCUT2D eigenvalue weighted by Gasteiger charge is 2.07. The van der Waals surface area contributed by atoms with Gasteiger partial charge in [-0.25, -0.2) is 0 Å². The average molecular weight is 293 g/mol. The molecule has 0 saturated carbocycles. The molecule has 0 heterocycles. The zero-order chi connectivity index (χ0) is 15.5. The van der Waals surface area contributed by atoms with Crippen molar-refractivity contribution >= 4 is 0 Å². The van der Waals surface area contributed by atoms with Gasteiger partial charge in [-0.2, -0.15) is 0 Å². The van der Waals surface area contributed by atoms with E-state index in [1.165, 1.54) is 5.56 Å². The standard InChI is InChI=1S/C18H31NO2/c1-4-21-13-5-11-19-12-10-18(20)17-8-6-16(7-9-17)14-15(2)3/h6-9,15,18-20H,4-5,10-14H2,1-3H3. The van der Waals surface area contributed by atoms with Crippen LogP contribution in [0.5, 0.6) is 0 Å². The zero-order valence-corrected chi connectivity index (χ0v) is 13.8. The molecule has 0 aliphatic carbocycles. The molecule has 0 aromatic heterocycles.